The minimum absolute atomic E-state index is 0.312. The van der Waals surface area contributed by atoms with Crippen LogP contribution in [-0.4, -0.2) is 29.7 Å². The maximum Gasteiger partial charge on any atom is 0.326 e. The quantitative estimate of drug-likeness (QED) is 0.451. The molecule has 7 nitrogen and oxygen atoms in total. The van der Waals surface area contributed by atoms with E-state index in [0.717, 1.165) is 5.56 Å². The van der Waals surface area contributed by atoms with Crippen LogP contribution >= 0.6 is 11.6 Å². The first-order valence-corrected chi connectivity index (χ1v) is 9.34. The van der Waals surface area contributed by atoms with Crippen molar-refractivity contribution in [2.75, 3.05) is 11.9 Å². The summed E-state index contributed by atoms with van der Waals surface area (Å²) in [5.41, 5.74) is 6.85. The molecule has 28 heavy (non-hydrogen) atoms. The zero-order chi connectivity index (χ0) is 20.4. The van der Waals surface area contributed by atoms with E-state index in [9.17, 15) is 14.7 Å². The molecular weight excluding hydrogens is 382 g/mol. The number of urea groups is 1. The highest BCUT2D eigenvalue weighted by Gasteiger charge is 2.19. The van der Waals surface area contributed by atoms with Gasteiger partial charge in [0.2, 0.25) is 0 Å². The number of nitrogens with two attached hydrogens (primary N) is 1. The molecule has 0 unspecified atom stereocenters. The first-order valence-electron chi connectivity index (χ1n) is 8.96. The largest absolute Gasteiger partial charge is 0.487 e. The topological polar surface area (TPSA) is 114 Å². The minimum atomic E-state index is -1.09. The van der Waals surface area contributed by atoms with Gasteiger partial charge >= 0.3 is 12.0 Å². The number of rotatable bonds is 10. The second-order valence-electron chi connectivity index (χ2n) is 6.19. The Labute approximate surface area is 168 Å². The third-order valence-corrected chi connectivity index (χ3v) is 4.27. The fourth-order valence-electron chi connectivity index (χ4n) is 2.51. The van der Waals surface area contributed by atoms with Crippen LogP contribution in [0.25, 0.3) is 0 Å². The van der Waals surface area contributed by atoms with Crippen molar-refractivity contribution >= 4 is 29.3 Å². The first kappa shape index (κ1) is 21.5. The molecule has 0 saturated carbocycles. The molecule has 0 aromatic heterocycles. The first-order chi connectivity index (χ1) is 13.5. The van der Waals surface area contributed by atoms with Gasteiger partial charge in [0.25, 0.3) is 0 Å². The Morgan fingerprint density at radius 2 is 1.89 bits per heavy atom. The van der Waals surface area contributed by atoms with Gasteiger partial charge in [-0.1, -0.05) is 41.9 Å². The van der Waals surface area contributed by atoms with E-state index in [4.69, 9.17) is 22.1 Å². The van der Waals surface area contributed by atoms with Gasteiger partial charge in [0.05, 0.1) is 5.02 Å². The molecule has 0 aliphatic rings. The van der Waals surface area contributed by atoms with Crippen LogP contribution in [0.1, 0.15) is 24.8 Å². The molecule has 5 N–H and O–H groups in total. The molecule has 1 atom stereocenters. The number of carbonyl (C=O) groups is 2. The summed E-state index contributed by atoms with van der Waals surface area (Å²) in [7, 11) is 0. The van der Waals surface area contributed by atoms with Crippen LogP contribution < -0.4 is 21.1 Å². The van der Waals surface area contributed by atoms with Crippen molar-refractivity contribution in [2.24, 2.45) is 5.73 Å². The van der Waals surface area contributed by atoms with Crippen LogP contribution in [0.4, 0.5) is 10.5 Å². The molecule has 0 aliphatic carbocycles. The number of amides is 2. The van der Waals surface area contributed by atoms with E-state index in [1.165, 1.54) is 0 Å². The molecule has 2 aromatic rings. The fraction of sp³-hybridized carbons (Fsp3) is 0.300. The Morgan fingerprint density at radius 1 is 1.14 bits per heavy atom. The number of carboxylic acid groups (broad SMARTS) is 1. The van der Waals surface area contributed by atoms with Crippen molar-refractivity contribution in [3.8, 4) is 5.75 Å². The Hall–Kier alpha value is -2.77. The summed E-state index contributed by atoms with van der Waals surface area (Å²) in [6, 6.07) is 12.9. The lowest BCUT2D eigenvalue weighted by molar-refractivity contribution is -0.139. The zero-order valence-electron chi connectivity index (χ0n) is 15.4. The number of anilines is 1. The van der Waals surface area contributed by atoms with Gasteiger partial charge in [-0.15, -0.1) is 0 Å². The molecule has 0 heterocycles. The second-order valence-corrected chi connectivity index (χ2v) is 6.60. The van der Waals surface area contributed by atoms with Crippen molar-refractivity contribution in [1.82, 2.24) is 5.32 Å². The Morgan fingerprint density at radius 3 is 2.54 bits per heavy atom. The number of nitrogens with one attached hydrogen (secondary N) is 2. The van der Waals surface area contributed by atoms with Gasteiger partial charge in [0.15, 0.2) is 0 Å². The third kappa shape index (κ3) is 7.09. The van der Waals surface area contributed by atoms with E-state index in [-0.39, 0.29) is 0 Å². The summed E-state index contributed by atoms with van der Waals surface area (Å²) in [5, 5.41) is 14.6. The number of carbonyl (C=O) groups excluding carboxylic acids is 1. The van der Waals surface area contributed by atoms with Crippen LogP contribution in [0, 0.1) is 0 Å². The second kappa shape index (κ2) is 11.2. The molecule has 8 heteroatoms. The van der Waals surface area contributed by atoms with Gasteiger partial charge in [0, 0.05) is 5.69 Å². The maximum absolute atomic E-state index is 12.1. The van der Waals surface area contributed by atoms with Crippen LogP contribution in [0.2, 0.25) is 5.02 Å². The van der Waals surface area contributed by atoms with Gasteiger partial charge in [-0.25, -0.2) is 9.59 Å². The molecule has 0 fully saturated rings. The molecule has 0 radical (unpaired) electrons. The highest BCUT2D eigenvalue weighted by molar-refractivity contribution is 6.32. The molecule has 150 valence electrons. The highest BCUT2D eigenvalue weighted by Crippen LogP contribution is 2.28. The SMILES string of the molecule is NCCCC[C@H](NC(=O)Nc1ccc(OCc2ccccc2)c(Cl)c1)C(=O)O. The summed E-state index contributed by atoms with van der Waals surface area (Å²) in [6.07, 6.45) is 1.63. The smallest absolute Gasteiger partial charge is 0.326 e. The lowest BCUT2D eigenvalue weighted by Gasteiger charge is -2.15. The molecule has 0 bridgehead atoms. The van der Waals surface area contributed by atoms with Crippen LogP contribution in [-0.2, 0) is 11.4 Å². The zero-order valence-corrected chi connectivity index (χ0v) is 16.1. The Bertz CT molecular complexity index is 786. The van der Waals surface area contributed by atoms with E-state index in [1.807, 2.05) is 30.3 Å². The summed E-state index contributed by atoms with van der Waals surface area (Å²) in [5.74, 6) is -0.600. The van der Waals surface area contributed by atoms with Crippen LogP contribution in [0.15, 0.2) is 48.5 Å². The van der Waals surface area contributed by atoms with E-state index >= 15 is 0 Å². The van der Waals surface area contributed by atoms with Crippen molar-refractivity contribution in [3.63, 3.8) is 0 Å². The number of halogens is 1. The van der Waals surface area contributed by atoms with Gasteiger partial charge in [0.1, 0.15) is 18.4 Å². The fourth-order valence-corrected chi connectivity index (χ4v) is 2.74. The normalized spacial score (nSPS) is 11.5. The summed E-state index contributed by atoms with van der Waals surface area (Å²) >= 11 is 6.22. The van der Waals surface area contributed by atoms with Crippen molar-refractivity contribution < 1.29 is 19.4 Å². The van der Waals surface area contributed by atoms with E-state index in [1.54, 1.807) is 18.2 Å². The van der Waals surface area contributed by atoms with Gasteiger partial charge in [-0.2, -0.15) is 0 Å². The van der Waals surface area contributed by atoms with Crippen LogP contribution in [0.3, 0.4) is 0 Å². The lowest BCUT2D eigenvalue weighted by atomic mass is 10.1. The number of aliphatic carboxylic acids is 1. The van der Waals surface area contributed by atoms with E-state index in [2.05, 4.69) is 10.6 Å². The molecule has 2 rings (SSSR count). The molecule has 0 saturated heterocycles. The summed E-state index contributed by atoms with van der Waals surface area (Å²) in [4.78, 5) is 23.3. The summed E-state index contributed by atoms with van der Waals surface area (Å²) < 4.78 is 5.69. The maximum atomic E-state index is 12.1. The number of hydrogen-bond acceptors (Lipinski definition) is 4. The third-order valence-electron chi connectivity index (χ3n) is 3.98. The summed E-state index contributed by atoms with van der Waals surface area (Å²) in [6.45, 7) is 0.854. The number of unbranched alkanes of at least 4 members (excludes halogenated alkanes) is 1. The minimum Gasteiger partial charge on any atom is -0.487 e. The van der Waals surface area contributed by atoms with Gasteiger partial charge in [-0.05, 0) is 49.6 Å². The number of hydrogen-bond donors (Lipinski definition) is 4. The standard InChI is InChI=1S/C20H24ClN3O4/c21-16-12-15(9-10-18(16)28-13-14-6-2-1-3-7-14)23-20(27)24-17(19(25)26)8-4-5-11-22/h1-3,6-7,9-10,12,17H,4-5,8,11,13,22H2,(H,25,26)(H2,23,24,27)/t17-/m0/s1. The number of ether oxygens (including phenoxy) is 1. The molecule has 2 amide bonds. The molecule has 2 aromatic carbocycles. The average molecular weight is 406 g/mol. The van der Waals surface area contributed by atoms with Crippen molar-refractivity contribution in [2.45, 2.75) is 31.9 Å². The van der Waals surface area contributed by atoms with Crippen molar-refractivity contribution in [1.29, 1.82) is 0 Å². The number of benzene rings is 2. The van der Waals surface area contributed by atoms with E-state index < -0.39 is 18.0 Å². The van der Waals surface area contributed by atoms with E-state index in [0.29, 0.717) is 48.9 Å². The van der Waals surface area contributed by atoms with Crippen molar-refractivity contribution in [3.05, 3.63) is 59.1 Å². The molecule has 0 spiro atoms. The molecule has 0 aliphatic heterocycles. The predicted molar refractivity (Wildman–Crippen MR) is 109 cm³/mol. The number of carboxylic acids is 1. The molecular formula is C20H24ClN3O4. The average Bonchev–Trinajstić information content (AvgIpc) is 2.67. The lowest BCUT2D eigenvalue weighted by Crippen LogP contribution is -2.43. The predicted octanol–water partition coefficient (Wildman–Crippen LogP) is 3.62. The Balaban J connectivity index is 1.90. The monoisotopic (exact) mass is 405 g/mol. The van der Waals surface area contributed by atoms with Crippen LogP contribution in [0.5, 0.6) is 5.75 Å². The highest BCUT2D eigenvalue weighted by atomic mass is 35.5. The Kier molecular flexibility index (Phi) is 8.58. The van der Waals surface area contributed by atoms with Gasteiger partial charge < -0.3 is 26.2 Å². The van der Waals surface area contributed by atoms with Gasteiger partial charge in [-0.3, -0.25) is 0 Å².